The Hall–Kier alpha value is -2.68. The Morgan fingerprint density at radius 3 is 2.61 bits per heavy atom. The lowest BCUT2D eigenvalue weighted by Gasteiger charge is -2.29. The standard InChI is InChI=1S/C18H17BrF4N6O3S/c19-16-15(28-5-1-2-14(28)26-16)17(30)24-9-11-3-4-13(12(20)8-11)29-7-6-27(10-25-29)33(31,32)18(21,22)23/h3-4,8,10H,1-2,5-7,9H2,(H,24,30). The number of carbonyl (C=O) groups excluding carboxylic acids is 1. The molecule has 3 heterocycles. The van der Waals surface area contributed by atoms with Crippen molar-refractivity contribution in [1.82, 2.24) is 19.2 Å². The van der Waals surface area contributed by atoms with Gasteiger partial charge in [-0.25, -0.2) is 13.7 Å². The average Bonchev–Trinajstić information content (AvgIpc) is 3.31. The number of hydrazone groups is 1. The first-order valence-electron chi connectivity index (χ1n) is 9.70. The molecule has 9 nitrogen and oxygen atoms in total. The molecule has 2 aromatic rings. The number of aryl methyl sites for hydroxylation is 1. The van der Waals surface area contributed by atoms with Crippen LogP contribution in [0.5, 0.6) is 0 Å². The van der Waals surface area contributed by atoms with E-state index in [0.29, 0.717) is 28.7 Å². The van der Waals surface area contributed by atoms with Crippen LogP contribution in [0.3, 0.4) is 0 Å². The van der Waals surface area contributed by atoms with Gasteiger partial charge in [0.25, 0.3) is 5.91 Å². The molecule has 2 aliphatic rings. The molecule has 0 unspecified atom stereocenters. The number of alkyl halides is 3. The van der Waals surface area contributed by atoms with Crippen molar-refractivity contribution >= 4 is 43.9 Å². The second-order valence-electron chi connectivity index (χ2n) is 7.31. The highest BCUT2D eigenvalue weighted by atomic mass is 79.9. The van der Waals surface area contributed by atoms with E-state index in [2.05, 4.69) is 31.3 Å². The van der Waals surface area contributed by atoms with Crippen LogP contribution in [-0.4, -0.2) is 53.1 Å². The SMILES string of the molecule is O=C(NCc1ccc(N2CCN(S(=O)(=O)C(F)(F)F)C=N2)c(F)c1)c1c(Br)nc2n1CCC2. The lowest BCUT2D eigenvalue weighted by molar-refractivity contribution is -0.0471. The number of halogens is 5. The number of nitrogens with one attached hydrogen (secondary N) is 1. The molecule has 1 aromatic heterocycles. The number of imidazole rings is 1. The van der Waals surface area contributed by atoms with Gasteiger partial charge in [0.05, 0.1) is 18.8 Å². The largest absolute Gasteiger partial charge is 0.516 e. The minimum Gasteiger partial charge on any atom is -0.347 e. The molecule has 4 rings (SSSR count). The van der Waals surface area contributed by atoms with E-state index in [-0.39, 0.29) is 29.0 Å². The van der Waals surface area contributed by atoms with Crippen LogP contribution in [0.4, 0.5) is 23.2 Å². The van der Waals surface area contributed by atoms with E-state index in [9.17, 15) is 30.8 Å². The van der Waals surface area contributed by atoms with Crippen LogP contribution in [-0.2, 0) is 29.5 Å². The number of aromatic nitrogens is 2. The molecule has 1 aromatic carbocycles. The summed E-state index contributed by atoms with van der Waals surface area (Å²) in [7, 11) is -5.55. The number of benzene rings is 1. The fourth-order valence-electron chi connectivity index (χ4n) is 3.57. The van der Waals surface area contributed by atoms with Crippen molar-refractivity contribution < 1.29 is 30.8 Å². The Morgan fingerprint density at radius 2 is 1.97 bits per heavy atom. The van der Waals surface area contributed by atoms with Crippen LogP contribution in [0.1, 0.15) is 28.3 Å². The molecule has 0 saturated heterocycles. The van der Waals surface area contributed by atoms with Crippen LogP contribution in [0.25, 0.3) is 0 Å². The van der Waals surface area contributed by atoms with Gasteiger partial charge in [0.2, 0.25) is 0 Å². The second kappa shape index (κ2) is 8.59. The Morgan fingerprint density at radius 1 is 1.21 bits per heavy atom. The zero-order valence-electron chi connectivity index (χ0n) is 16.8. The number of amides is 1. The summed E-state index contributed by atoms with van der Waals surface area (Å²) in [5, 5.41) is 7.41. The molecule has 0 aliphatic carbocycles. The Labute approximate surface area is 194 Å². The van der Waals surface area contributed by atoms with E-state index in [1.807, 2.05) is 4.57 Å². The van der Waals surface area contributed by atoms with Crippen LogP contribution >= 0.6 is 15.9 Å². The van der Waals surface area contributed by atoms with Crippen molar-refractivity contribution in [1.29, 1.82) is 0 Å². The quantitative estimate of drug-likeness (QED) is 0.575. The zero-order valence-corrected chi connectivity index (χ0v) is 19.2. The van der Waals surface area contributed by atoms with E-state index in [1.165, 1.54) is 18.2 Å². The zero-order chi connectivity index (χ0) is 24.0. The molecule has 0 atom stereocenters. The summed E-state index contributed by atoms with van der Waals surface area (Å²) in [6.07, 6.45) is 2.20. The summed E-state index contributed by atoms with van der Waals surface area (Å²) in [6.45, 7) is -0.103. The topological polar surface area (TPSA) is 99.9 Å². The monoisotopic (exact) mass is 552 g/mol. The molecule has 178 valence electrons. The summed E-state index contributed by atoms with van der Waals surface area (Å²) < 4.78 is 77.8. The van der Waals surface area contributed by atoms with Crippen molar-refractivity contribution in [2.45, 2.75) is 31.4 Å². The Kier molecular flexibility index (Phi) is 6.11. The molecule has 33 heavy (non-hydrogen) atoms. The van der Waals surface area contributed by atoms with E-state index in [4.69, 9.17) is 0 Å². The lowest BCUT2D eigenvalue weighted by Crippen LogP contribution is -2.46. The van der Waals surface area contributed by atoms with Gasteiger partial charge in [-0.1, -0.05) is 6.07 Å². The van der Waals surface area contributed by atoms with Crippen molar-refractivity contribution in [3.05, 3.63) is 45.7 Å². The molecule has 0 fully saturated rings. The Balaban J connectivity index is 1.42. The first kappa shape index (κ1) is 23.5. The normalized spacial score (nSPS) is 16.3. The molecule has 2 aliphatic heterocycles. The molecular formula is C18H17BrF4N6O3S. The Bertz CT molecular complexity index is 1230. The summed E-state index contributed by atoms with van der Waals surface area (Å²) in [5.41, 5.74) is -4.64. The lowest BCUT2D eigenvalue weighted by atomic mass is 10.2. The summed E-state index contributed by atoms with van der Waals surface area (Å²) >= 11 is 3.29. The van der Waals surface area contributed by atoms with Crippen molar-refractivity contribution in [3.63, 3.8) is 0 Å². The van der Waals surface area contributed by atoms with Gasteiger partial charge in [0.1, 0.15) is 28.3 Å². The van der Waals surface area contributed by atoms with Gasteiger partial charge in [-0.2, -0.15) is 26.7 Å². The number of hydrogen-bond donors (Lipinski definition) is 1. The van der Waals surface area contributed by atoms with Crippen molar-refractivity contribution in [2.75, 3.05) is 18.1 Å². The van der Waals surface area contributed by atoms with Gasteiger partial charge in [-0.05, 0) is 40.0 Å². The van der Waals surface area contributed by atoms with Gasteiger partial charge in [0, 0.05) is 19.5 Å². The molecule has 1 N–H and O–H groups in total. The molecule has 0 spiro atoms. The van der Waals surface area contributed by atoms with E-state index in [1.54, 1.807) is 0 Å². The molecular weight excluding hydrogens is 536 g/mol. The minimum atomic E-state index is -5.55. The maximum absolute atomic E-state index is 14.6. The first-order valence-corrected chi connectivity index (χ1v) is 11.9. The molecule has 0 radical (unpaired) electrons. The third kappa shape index (κ3) is 4.43. The third-order valence-electron chi connectivity index (χ3n) is 5.20. The van der Waals surface area contributed by atoms with Gasteiger partial charge in [-0.15, -0.1) is 0 Å². The number of nitrogens with zero attached hydrogens (tertiary/aromatic N) is 5. The van der Waals surface area contributed by atoms with Gasteiger partial charge in [-0.3, -0.25) is 9.80 Å². The van der Waals surface area contributed by atoms with Crippen LogP contribution in [0.15, 0.2) is 27.9 Å². The minimum absolute atomic E-state index is 0.0316. The maximum atomic E-state index is 14.6. The molecule has 0 bridgehead atoms. The second-order valence-corrected chi connectivity index (χ2v) is 9.94. The van der Waals surface area contributed by atoms with E-state index in [0.717, 1.165) is 23.7 Å². The predicted octanol–water partition coefficient (Wildman–Crippen LogP) is 2.58. The van der Waals surface area contributed by atoms with Gasteiger partial charge in [0.15, 0.2) is 0 Å². The maximum Gasteiger partial charge on any atom is 0.516 e. The van der Waals surface area contributed by atoms with Gasteiger partial charge < -0.3 is 9.88 Å². The highest BCUT2D eigenvalue weighted by Crippen LogP contribution is 2.28. The average molecular weight is 553 g/mol. The van der Waals surface area contributed by atoms with Crippen molar-refractivity contribution in [2.24, 2.45) is 5.10 Å². The fraction of sp³-hybridized carbons (Fsp3) is 0.389. The summed E-state index contributed by atoms with van der Waals surface area (Å²) in [6, 6.07) is 4.05. The van der Waals surface area contributed by atoms with Crippen molar-refractivity contribution in [3.8, 4) is 0 Å². The third-order valence-corrected chi connectivity index (χ3v) is 7.23. The number of carbonyl (C=O) groups is 1. The predicted molar refractivity (Wildman–Crippen MR) is 113 cm³/mol. The van der Waals surface area contributed by atoms with Crippen LogP contribution in [0.2, 0.25) is 0 Å². The van der Waals surface area contributed by atoms with E-state index < -0.39 is 27.9 Å². The smallest absolute Gasteiger partial charge is 0.347 e. The fourth-order valence-corrected chi connectivity index (χ4v) is 4.93. The number of anilines is 1. The van der Waals surface area contributed by atoms with E-state index >= 15 is 0 Å². The number of hydrogen-bond acceptors (Lipinski definition) is 6. The molecule has 15 heteroatoms. The number of rotatable bonds is 5. The van der Waals surface area contributed by atoms with Crippen LogP contribution < -0.4 is 10.3 Å². The molecule has 1 amide bonds. The highest BCUT2D eigenvalue weighted by Gasteiger charge is 2.50. The summed E-state index contributed by atoms with van der Waals surface area (Å²) in [5.74, 6) is -0.262. The number of sulfonamides is 1. The van der Waals surface area contributed by atoms with Gasteiger partial charge >= 0.3 is 15.5 Å². The summed E-state index contributed by atoms with van der Waals surface area (Å²) in [4.78, 5) is 16.9. The first-order chi connectivity index (χ1) is 15.5. The number of fused-ring (bicyclic) bond motifs is 1. The highest BCUT2D eigenvalue weighted by molar-refractivity contribution is 9.10. The molecule has 0 saturated carbocycles. The van der Waals surface area contributed by atoms with Crippen LogP contribution in [0, 0.1) is 5.82 Å².